The number of amides is 1. The number of hydrogen-bond donors (Lipinski definition) is 3. The minimum atomic E-state index is -1.11. The van der Waals surface area contributed by atoms with Crippen molar-refractivity contribution in [2.75, 3.05) is 0 Å². The monoisotopic (exact) mass is 129 g/mol. The molecule has 0 fully saturated rings. The summed E-state index contributed by atoms with van der Waals surface area (Å²) in [5, 5.41) is 10.7. The molecule has 0 saturated carbocycles. The number of aliphatic hydroxyl groups excluding tert-OH is 1. The van der Waals surface area contributed by atoms with Crippen LogP contribution >= 0.6 is 0 Å². The molecule has 1 aliphatic rings. The normalized spacial score (nSPS) is 34.2. The minimum absolute atomic E-state index is 0.405. The fraction of sp³-hybridized carbons (Fsp3) is 0.500. The molecule has 5 nitrogen and oxygen atoms in total. The average molecular weight is 129 g/mol. The van der Waals surface area contributed by atoms with E-state index in [9.17, 15) is 4.79 Å². The third kappa shape index (κ3) is 1.24. The fourth-order valence-corrected chi connectivity index (χ4v) is 0.503. The van der Waals surface area contributed by atoms with Gasteiger partial charge in [-0.2, -0.15) is 0 Å². The predicted octanol–water partition coefficient (Wildman–Crippen LogP) is -2.21. The molecule has 0 aromatic carbocycles. The van der Waals surface area contributed by atoms with Crippen molar-refractivity contribution in [3.63, 3.8) is 0 Å². The van der Waals surface area contributed by atoms with E-state index < -0.39 is 18.3 Å². The Balaban J connectivity index is 2.65. The molecule has 0 bridgehead atoms. The first kappa shape index (κ1) is 6.18. The van der Waals surface area contributed by atoms with E-state index in [-0.39, 0.29) is 0 Å². The van der Waals surface area contributed by atoms with Crippen molar-refractivity contribution in [3.8, 4) is 0 Å². The summed E-state index contributed by atoms with van der Waals surface area (Å²) in [6.45, 7) is 0. The van der Waals surface area contributed by atoms with Crippen molar-refractivity contribution in [2.24, 2.45) is 10.7 Å². The van der Waals surface area contributed by atoms with Gasteiger partial charge in [0, 0.05) is 6.21 Å². The maximum Gasteiger partial charge on any atom is 0.245 e. The lowest BCUT2D eigenvalue weighted by atomic mass is 10.3. The van der Waals surface area contributed by atoms with Crippen molar-refractivity contribution < 1.29 is 9.90 Å². The number of carbonyl (C=O) groups is 1. The SMILES string of the molecule is NC1C=NC(O)NC1=O. The van der Waals surface area contributed by atoms with E-state index in [2.05, 4.69) is 10.3 Å². The zero-order chi connectivity index (χ0) is 6.85. The molecule has 4 N–H and O–H groups in total. The summed E-state index contributed by atoms with van der Waals surface area (Å²) in [7, 11) is 0. The van der Waals surface area contributed by atoms with Gasteiger partial charge in [-0.15, -0.1) is 0 Å². The van der Waals surface area contributed by atoms with E-state index in [0.717, 1.165) is 0 Å². The zero-order valence-electron chi connectivity index (χ0n) is 4.61. The third-order valence-electron chi connectivity index (χ3n) is 0.962. The molecular formula is C4H7N3O2. The highest BCUT2D eigenvalue weighted by molar-refractivity contribution is 5.98. The second-order valence-corrected chi connectivity index (χ2v) is 1.71. The number of carbonyl (C=O) groups excluding carboxylic acids is 1. The van der Waals surface area contributed by atoms with Crippen molar-refractivity contribution in [3.05, 3.63) is 0 Å². The summed E-state index contributed by atoms with van der Waals surface area (Å²) in [6, 6.07) is -0.714. The summed E-state index contributed by atoms with van der Waals surface area (Å²) in [4.78, 5) is 14.0. The summed E-state index contributed by atoms with van der Waals surface area (Å²) in [5.41, 5.74) is 5.17. The van der Waals surface area contributed by atoms with Crippen molar-refractivity contribution >= 4 is 12.1 Å². The van der Waals surface area contributed by atoms with Crippen LogP contribution in [0.25, 0.3) is 0 Å². The van der Waals surface area contributed by atoms with Crippen LogP contribution in [0.1, 0.15) is 0 Å². The Bertz CT molecular complexity index is 156. The predicted molar refractivity (Wildman–Crippen MR) is 30.6 cm³/mol. The van der Waals surface area contributed by atoms with E-state index in [1.807, 2.05) is 0 Å². The van der Waals surface area contributed by atoms with Crippen LogP contribution in [0.5, 0.6) is 0 Å². The Labute approximate surface area is 51.6 Å². The first-order chi connectivity index (χ1) is 4.20. The number of aliphatic hydroxyl groups is 1. The Kier molecular flexibility index (Phi) is 1.46. The van der Waals surface area contributed by atoms with Gasteiger partial charge in [-0.3, -0.25) is 4.79 Å². The van der Waals surface area contributed by atoms with Crippen LogP contribution < -0.4 is 11.1 Å². The first-order valence-corrected chi connectivity index (χ1v) is 2.47. The van der Waals surface area contributed by atoms with Crippen LogP contribution in [0.4, 0.5) is 0 Å². The molecule has 2 unspecified atom stereocenters. The Morgan fingerprint density at radius 1 is 1.89 bits per heavy atom. The zero-order valence-corrected chi connectivity index (χ0v) is 4.61. The number of aliphatic imine (C=N–C) groups is 1. The maximum absolute atomic E-state index is 10.5. The Hall–Kier alpha value is -0.940. The molecule has 0 saturated heterocycles. The summed E-state index contributed by atoms with van der Waals surface area (Å²) < 4.78 is 0. The molecule has 0 radical (unpaired) electrons. The number of rotatable bonds is 0. The van der Waals surface area contributed by atoms with E-state index >= 15 is 0 Å². The highest BCUT2D eigenvalue weighted by atomic mass is 16.3. The van der Waals surface area contributed by atoms with Gasteiger partial charge in [-0.05, 0) is 0 Å². The van der Waals surface area contributed by atoms with Crippen LogP contribution in [0.15, 0.2) is 4.99 Å². The first-order valence-electron chi connectivity index (χ1n) is 2.47. The molecule has 0 aromatic rings. The van der Waals surface area contributed by atoms with Gasteiger partial charge in [0.1, 0.15) is 6.04 Å². The second-order valence-electron chi connectivity index (χ2n) is 1.71. The van der Waals surface area contributed by atoms with Gasteiger partial charge in [0.05, 0.1) is 0 Å². The van der Waals surface area contributed by atoms with Crippen molar-refractivity contribution in [1.29, 1.82) is 0 Å². The van der Waals surface area contributed by atoms with E-state index in [0.29, 0.717) is 0 Å². The smallest absolute Gasteiger partial charge is 0.245 e. The van der Waals surface area contributed by atoms with E-state index in [1.54, 1.807) is 0 Å². The van der Waals surface area contributed by atoms with Gasteiger partial charge in [-0.25, -0.2) is 4.99 Å². The lowest BCUT2D eigenvalue weighted by Crippen LogP contribution is -2.49. The van der Waals surface area contributed by atoms with Crippen LogP contribution in [0.2, 0.25) is 0 Å². The Morgan fingerprint density at radius 2 is 2.56 bits per heavy atom. The highest BCUT2D eigenvalue weighted by Crippen LogP contribution is 1.88. The topological polar surface area (TPSA) is 87.7 Å². The van der Waals surface area contributed by atoms with E-state index in [4.69, 9.17) is 10.8 Å². The molecule has 5 heteroatoms. The lowest BCUT2D eigenvalue weighted by Gasteiger charge is -2.15. The van der Waals surface area contributed by atoms with Gasteiger partial charge in [0.2, 0.25) is 12.3 Å². The standard InChI is InChI=1S/C4H7N3O2/c5-2-1-6-4(9)7-3(2)8/h1-2,4,9H,5H2,(H,7,8). The van der Waals surface area contributed by atoms with Crippen molar-refractivity contribution in [2.45, 2.75) is 12.4 Å². The molecular weight excluding hydrogens is 122 g/mol. The molecule has 0 aromatic heterocycles. The number of nitrogens with two attached hydrogens (primary N) is 1. The molecule has 9 heavy (non-hydrogen) atoms. The highest BCUT2D eigenvalue weighted by Gasteiger charge is 2.17. The average Bonchev–Trinajstić information content (AvgIpc) is 1.80. The second kappa shape index (κ2) is 2.12. The van der Waals surface area contributed by atoms with Crippen LogP contribution in [-0.2, 0) is 4.79 Å². The molecule has 0 aliphatic carbocycles. The molecule has 0 spiro atoms. The summed E-state index contributed by atoms with van der Waals surface area (Å²) in [6.07, 6.45) is 0.0982. The van der Waals surface area contributed by atoms with Crippen LogP contribution in [-0.4, -0.2) is 29.6 Å². The van der Waals surface area contributed by atoms with Gasteiger partial charge < -0.3 is 16.2 Å². The van der Waals surface area contributed by atoms with Crippen molar-refractivity contribution in [1.82, 2.24) is 5.32 Å². The van der Waals surface area contributed by atoms with Gasteiger partial charge in [0.25, 0.3) is 0 Å². The number of nitrogens with one attached hydrogen (secondary N) is 1. The molecule has 1 rings (SSSR count). The summed E-state index contributed by atoms with van der Waals surface area (Å²) in [5.74, 6) is -0.405. The van der Waals surface area contributed by atoms with Gasteiger partial charge in [0.15, 0.2) is 0 Å². The Morgan fingerprint density at radius 3 is 3.00 bits per heavy atom. The van der Waals surface area contributed by atoms with Crippen LogP contribution in [0.3, 0.4) is 0 Å². The number of hydrogen-bond acceptors (Lipinski definition) is 4. The molecule has 50 valence electrons. The third-order valence-corrected chi connectivity index (χ3v) is 0.962. The molecule has 1 amide bonds. The quantitative estimate of drug-likeness (QED) is 0.346. The van der Waals surface area contributed by atoms with E-state index in [1.165, 1.54) is 6.21 Å². The lowest BCUT2D eigenvalue weighted by molar-refractivity contribution is -0.124. The van der Waals surface area contributed by atoms with Gasteiger partial charge >= 0.3 is 0 Å². The summed E-state index contributed by atoms with van der Waals surface area (Å²) >= 11 is 0. The fourth-order valence-electron chi connectivity index (χ4n) is 0.503. The molecule has 1 heterocycles. The largest absolute Gasteiger partial charge is 0.355 e. The molecule has 2 atom stereocenters. The minimum Gasteiger partial charge on any atom is -0.355 e. The van der Waals surface area contributed by atoms with Gasteiger partial charge in [-0.1, -0.05) is 0 Å². The maximum atomic E-state index is 10.5. The molecule has 1 aliphatic heterocycles. The number of nitrogens with zero attached hydrogens (tertiary/aromatic N) is 1. The van der Waals surface area contributed by atoms with Crippen LogP contribution in [0, 0.1) is 0 Å².